The van der Waals surface area contributed by atoms with E-state index in [1.807, 2.05) is 43.6 Å². The van der Waals surface area contributed by atoms with Gasteiger partial charge in [0, 0.05) is 17.9 Å². The zero-order valence-corrected chi connectivity index (χ0v) is 12.5. The molecule has 0 bridgehead atoms. The summed E-state index contributed by atoms with van der Waals surface area (Å²) in [6.07, 6.45) is 3.73. The molecular formula is C16H19ClN2O. The number of nitrogens with one attached hydrogen (secondary N) is 1. The maximum atomic E-state index is 6.06. The first-order valence-electron chi connectivity index (χ1n) is 6.65. The number of ether oxygens (including phenoxy) is 1. The van der Waals surface area contributed by atoms with Gasteiger partial charge in [-0.2, -0.15) is 0 Å². The molecule has 1 atom stereocenters. The summed E-state index contributed by atoms with van der Waals surface area (Å²) < 4.78 is 5.27. The number of hydrogen-bond acceptors (Lipinski definition) is 3. The van der Waals surface area contributed by atoms with Crippen molar-refractivity contribution in [2.75, 3.05) is 14.2 Å². The summed E-state index contributed by atoms with van der Waals surface area (Å²) in [6, 6.07) is 12.1. The van der Waals surface area contributed by atoms with Crippen molar-refractivity contribution in [1.29, 1.82) is 0 Å². The Morgan fingerprint density at radius 3 is 2.80 bits per heavy atom. The van der Waals surface area contributed by atoms with Crippen LogP contribution < -0.4 is 10.1 Å². The first-order chi connectivity index (χ1) is 9.74. The van der Waals surface area contributed by atoms with Crippen molar-refractivity contribution < 1.29 is 4.74 Å². The highest BCUT2D eigenvalue weighted by atomic mass is 35.5. The number of halogens is 1. The molecule has 0 saturated carbocycles. The van der Waals surface area contributed by atoms with Crippen molar-refractivity contribution in [2.24, 2.45) is 0 Å². The van der Waals surface area contributed by atoms with E-state index in [1.54, 1.807) is 7.11 Å². The number of aromatic nitrogens is 1. The second kappa shape index (κ2) is 7.27. The number of nitrogens with zero attached hydrogens (tertiary/aromatic N) is 1. The van der Waals surface area contributed by atoms with E-state index in [1.165, 1.54) is 5.56 Å². The minimum absolute atomic E-state index is 0.253. The third-order valence-corrected chi connectivity index (χ3v) is 3.65. The zero-order chi connectivity index (χ0) is 14.4. The van der Waals surface area contributed by atoms with Gasteiger partial charge in [0.2, 0.25) is 0 Å². The second-order valence-electron chi connectivity index (χ2n) is 4.59. The van der Waals surface area contributed by atoms with Crippen LogP contribution in [0.3, 0.4) is 0 Å². The monoisotopic (exact) mass is 290 g/mol. The highest BCUT2D eigenvalue weighted by Crippen LogP contribution is 2.29. The van der Waals surface area contributed by atoms with Gasteiger partial charge in [0.1, 0.15) is 5.75 Å². The standard InChI is InChI=1S/C16H19ClN2O/c1-18-15(9-7-13-5-3-4-10-19-13)12-6-8-14(17)16(11-12)20-2/h3-6,8,10-11,15,18H,7,9H2,1-2H3. The lowest BCUT2D eigenvalue weighted by Crippen LogP contribution is -2.17. The summed E-state index contributed by atoms with van der Waals surface area (Å²) >= 11 is 6.06. The lowest BCUT2D eigenvalue weighted by atomic mass is 10.0. The van der Waals surface area contributed by atoms with Gasteiger partial charge in [-0.15, -0.1) is 0 Å². The Labute approximate surface area is 124 Å². The minimum atomic E-state index is 0.253. The first-order valence-corrected chi connectivity index (χ1v) is 7.03. The average Bonchev–Trinajstić information content (AvgIpc) is 2.50. The second-order valence-corrected chi connectivity index (χ2v) is 5.00. The van der Waals surface area contributed by atoms with Crippen molar-refractivity contribution in [3.8, 4) is 5.75 Å². The molecule has 106 valence electrons. The first kappa shape index (κ1) is 14.8. The Hall–Kier alpha value is -1.58. The lowest BCUT2D eigenvalue weighted by Gasteiger charge is -2.17. The van der Waals surface area contributed by atoms with E-state index < -0.39 is 0 Å². The number of methoxy groups -OCH3 is 1. The number of aryl methyl sites for hydroxylation is 1. The van der Waals surface area contributed by atoms with Crippen LogP contribution in [0.2, 0.25) is 5.02 Å². The summed E-state index contributed by atoms with van der Waals surface area (Å²) in [5, 5.41) is 3.97. The molecule has 2 aromatic rings. The van der Waals surface area contributed by atoms with Crippen LogP contribution in [0.15, 0.2) is 42.6 Å². The smallest absolute Gasteiger partial charge is 0.137 e. The molecule has 0 amide bonds. The van der Waals surface area contributed by atoms with Crippen molar-refractivity contribution >= 4 is 11.6 Å². The van der Waals surface area contributed by atoms with Gasteiger partial charge >= 0.3 is 0 Å². The quantitative estimate of drug-likeness (QED) is 0.882. The Morgan fingerprint density at radius 1 is 1.30 bits per heavy atom. The van der Waals surface area contributed by atoms with E-state index in [-0.39, 0.29) is 6.04 Å². The number of rotatable bonds is 6. The SMILES string of the molecule is CNC(CCc1ccccn1)c1ccc(Cl)c(OC)c1. The molecule has 0 aliphatic rings. The summed E-state index contributed by atoms with van der Waals surface area (Å²) in [5.74, 6) is 0.710. The Balaban J connectivity index is 2.08. The molecule has 1 N–H and O–H groups in total. The summed E-state index contributed by atoms with van der Waals surface area (Å²) in [5.41, 5.74) is 2.28. The molecule has 0 aliphatic carbocycles. The van der Waals surface area contributed by atoms with Crippen molar-refractivity contribution in [3.63, 3.8) is 0 Å². The van der Waals surface area contributed by atoms with Gasteiger partial charge in [-0.3, -0.25) is 4.98 Å². The fourth-order valence-electron chi connectivity index (χ4n) is 2.21. The van der Waals surface area contributed by atoms with Crippen LogP contribution in [-0.2, 0) is 6.42 Å². The number of hydrogen-bond donors (Lipinski definition) is 1. The van der Waals surface area contributed by atoms with Gasteiger partial charge in [-0.25, -0.2) is 0 Å². The van der Waals surface area contributed by atoms with Gasteiger partial charge in [0.25, 0.3) is 0 Å². The normalized spacial score (nSPS) is 12.2. The van der Waals surface area contributed by atoms with E-state index in [9.17, 15) is 0 Å². The summed E-state index contributed by atoms with van der Waals surface area (Å²) in [6.45, 7) is 0. The number of benzene rings is 1. The van der Waals surface area contributed by atoms with Crippen molar-refractivity contribution in [2.45, 2.75) is 18.9 Å². The molecule has 20 heavy (non-hydrogen) atoms. The molecular weight excluding hydrogens is 272 g/mol. The molecule has 3 nitrogen and oxygen atoms in total. The van der Waals surface area contributed by atoms with Gasteiger partial charge in [0.15, 0.2) is 0 Å². The molecule has 1 unspecified atom stereocenters. The third-order valence-electron chi connectivity index (χ3n) is 3.34. The maximum absolute atomic E-state index is 6.06. The summed E-state index contributed by atoms with van der Waals surface area (Å²) in [4.78, 5) is 4.35. The molecule has 0 fully saturated rings. The van der Waals surface area contributed by atoms with Crippen LogP contribution in [0.5, 0.6) is 5.75 Å². The van der Waals surface area contributed by atoms with Crippen LogP contribution in [0.1, 0.15) is 23.7 Å². The molecule has 2 rings (SSSR count). The molecule has 0 spiro atoms. The summed E-state index contributed by atoms with van der Waals surface area (Å²) in [7, 11) is 3.59. The van der Waals surface area contributed by atoms with E-state index in [0.29, 0.717) is 10.8 Å². The Bertz CT molecular complexity index is 545. The molecule has 0 aliphatic heterocycles. The molecule has 4 heteroatoms. The lowest BCUT2D eigenvalue weighted by molar-refractivity contribution is 0.413. The van der Waals surface area contributed by atoms with Crippen molar-refractivity contribution in [3.05, 3.63) is 58.9 Å². The van der Waals surface area contributed by atoms with Crippen molar-refractivity contribution in [1.82, 2.24) is 10.3 Å². The minimum Gasteiger partial charge on any atom is -0.495 e. The Kier molecular flexibility index (Phi) is 5.39. The predicted octanol–water partition coefficient (Wildman–Crippen LogP) is 3.64. The van der Waals surface area contributed by atoms with E-state index in [0.717, 1.165) is 18.5 Å². The highest BCUT2D eigenvalue weighted by molar-refractivity contribution is 6.32. The molecule has 1 heterocycles. The van der Waals surface area contributed by atoms with Crippen LogP contribution in [0.25, 0.3) is 0 Å². The zero-order valence-electron chi connectivity index (χ0n) is 11.8. The molecule has 1 aromatic carbocycles. The van der Waals surface area contributed by atoms with E-state index in [2.05, 4.69) is 16.4 Å². The molecule has 0 saturated heterocycles. The topological polar surface area (TPSA) is 34.2 Å². The van der Waals surface area contributed by atoms with Gasteiger partial charge in [0.05, 0.1) is 12.1 Å². The highest BCUT2D eigenvalue weighted by Gasteiger charge is 2.12. The van der Waals surface area contributed by atoms with Gasteiger partial charge in [-0.1, -0.05) is 23.7 Å². The van der Waals surface area contributed by atoms with E-state index >= 15 is 0 Å². The predicted molar refractivity (Wildman–Crippen MR) is 82.4 cm³/mol. The van der Waals surface area contributed by atoms with Crippen LogP contribution in [-0.4, -0.2) is 19.1 Å². The Morgan fingerprint density at radius 2 is 2.15 bits per heavy atom. The number of pyridine rings is 1. The van der Waals surface area contributed by atoms with Crippen LogP contribution in [0.4, 0.5) is 0 Å². The van der Waals surface area contributed by atoms with Gasteiger partial charge < -0.3 is 10.1 Å². The fraction of sp³-hybridized carbons (Fsp3) is 0.312. The van der Waals surface area contributed by atoms with Crippen LogP contribution in [0, 0.1) is 0 Å². The third kappa shape index (κ3) is 3.71. The van der Waals surface area contributed by atoms with Gasteiger partial charge in [-0.05, 0) is 49.7 Å². The maximum Gasteiger partial charge on any atom is 0.137 e. The molecule has 0 radical (unpaired) electrons. The molecule has 1 aromatic heterocycles. The van der Waals surface area contributed by atoms with Crippen LogP contribution >= 0.6 is 11.6 Å². The largest absolute Gasteiger partial charge is 0.495 e. The fourth-order valence-corrected chi connectivity index (χ4v) is 2.40. The van der Waals surface area contributed by atoms with E-state index in [4.69, 9.17) is 16.3 Å². The average molecular weight is 291 g/mol.